The molecule has 200 valence electrons. The van der Waals surface area contributed by atoms with Gasteiger partial charge in [0, 0.05) is 29.9 Å². The Morgan fingerprint density at radius 1 is 1.24 bits per heavy atom. The molecule has 5 atom stereocenters. The zero-order valence-electron chi connectivity index (χ0n) is 21.4. The van der Waals surface area contributed by atoms with Crippen LogP contribution in [0.25, 0.3) is 10.9 Å². The molecule has 3 aliphatic heterocycles. The number of aromatic nitrogens is 1. The highest BCUT2D eigenvalue weighted by Crippen LogP contribution is 2.42. The number of nitrogens with zero attached hydrogens (tertiary/aromatic N) is 2. The molecule has 0 aliphatic carbocycles. The molecule has 0 saturated carbocycles. The molecular weight excluding hydrogens is 509 g/mol. The first kappa shape index (κ1) is 26.4. The average Bonchev–Trinajstić information content (AvgIpc) is 2.90. The number of pyridine rings is 1. The monoisotopic (exact) mass is 540 g/mol. The number of nitrogens with one attached hydrogen (secondary N) is 2. The van der Waals surface area contributed by atoms with Crippen LogP contribution >= 0.6 is 12.2 Å². The number of aryl methyl sites for hydroxylation is 1. The molecule has 38 heavy (non-hydrogen) atoms. The predicted octanol–water partition coefficient (Wildman–Crippen LogP) is 6.49. The average molecular weight is 541 g/mol. The molecule has 2 N–H and O–H groups in total. The van der Waals surface area contributed by atoms with Crippen molar-refractivity contribution in [3.05, 3.63) is 78.0 Å². The van der Waals surface area contributed by atoms with Crippen LogP contribution in [-0.2, 0) is 6.18 Å². The third kappa shape index (κ3) is 5.35. The first-order valence-electron chi connectivity index (χ1n) is 12.7. The van der Waals surface area contributed by atoms with Crippen LogP contribution in [0.4, 0.5) is 18.9 Å². The van der Waals surface area contributed by atoms with E-state index in [1.165, 1.54) is 0 Å². The number of halogens is 3. The van der Waals surface area contributed by atoms with Crippen LogP contribution in [-0.4, -0.2) is 41.2 Å². The Balaban J connectivity index is 1.50. The minimum atomic E-state index is -4.44. The zero-order valence-corrected chi connectivity index (χ0v) is 22.2. The third-order valence-electron chi connectivity index (χ3n) is 7.81. The molecule has 4 heterocycles. The van der Waals surface area contributed by atoms with Crippen LogP contribution in [0.5, 0.6) is 5.75 Å². The number of benzene rings is 2. The molecule has 3 aliphatic rings. The fraction of sp³-hybridized carbons (Fsp3) is 0.379. The first-order chi connectivity index (χ1) is 18.2. The van der Waals surface area contributed by atoms with E-state index in [1.54, 1.807) is 26.3 Å². The van der Waals surface area contributed by atoms with E-state index in [0.29, 0.717) is 23.1 Å². The highest BCUT2D eigenvalue weighted by Gasteiger charge is 2.43. The van der Waals surface area contributed by atoms with Crippen LogP contribution < -0.4 is 15.4 Å². The Hall–Kier alpha value is -3.17. The van der Waals surface area contributed by atoms with E-state index < -0.39 is 11.7 Å². The van der Waals surface area contributed by atoms with Crippen molar-refractivity contribution in [2.45, 2.75) is 38.0 Å². The lowest BCUT2D eigenvalue weighted by Crippen LogP contribution is -2.57. The minimum absolute atomic E-state index is 0.143. The predicted molar refractivity (Wildman–Crippen MR) is 148 cm³/mol. The largest absolute Gasteiger partial charge is 0.497 e. The number of methoxy groups -OCH3 is 1. The first-order valence-corrected chi connectivity index (χ1v) is 13.1. The number of ether oxygens (including phenoxy) is 1. The Bertz CT molecular complexity index is 1360. The van der Waals surface area contributed by atoms with Gasteiger partial charge in [0.05, 0.1) is 24.2 Å². The van der Waals surface area contributed by atoms with Crippen molar-refractivity contribution in [1.82, 2.24) is 15.2 Å². The summed E-state index contributed by atoms with van der Waals surface area (Å²) in [7, 11) is 1.63. The molecule has 2 bridgehead atoms. The van der Waals surface area contributed by atoms with Crippen molar-refractivity contribution < 1.29 is 17.9 Å². The van der Waals surface area contributed by atoms with Crippen molar-refractivity contribution in [3.8, 4) is 5.75 Å². The van der Waals surface area contributed by atoms with Gasteiger partial charge in [0.1, 0.15) is 5.75 Å². The number of piperidine rings is 3. The Morgan fingerprint density at radius 2 is 2.05 bits per heavy atom. The summed E-state index contributed by atoms with van der Waals surface area (Å²) in [6, 6.07) is 11.6. The molecule has 3 unspecified atom stereocenters. The van der Waals surface area contributed by atoms with Crippen molar-refractivity contribution in [1.29, 1.82) is 0 Å². The maximum Gasteiger partial charge on any atom is 0.416 e. The lowest BCUT2D eigenvalue weighted by molar-refractivity contribution is -0.137. The van der Waals surface area contributed by atoms with Gasteiger partial charge in [0.2, 0.25) is 0 Å². The smallest absolute Gasteiger partial charge is 0.416 e. The Morgan fingerprint density at radius 3 is 2.74 bits per heavy atom. The number of alkyl halides is 3. The second-order valence-electron chi connectivity index (χ2n) is 10.2. The number of thiocarbonyl (C=S) groups is 1. The second-order valence-corrected chi connectivity index (χ2v) is 10.6. The van der Waals surface area contributed by atoms with Gasteiger partial charge in [-0.3, -0.25) is 9.88 Å². The van der Waals surface area contributed by atoms with Gasteiger partial charge < -0.3 is 15.4 Å². The molecule has 3 saturated heterocycles. The van der Waals surface area contributed by atoms with Gasteiger partial charge in [-0.05, 0) is 104 Å². The fourth-order valence-electron chi connectivity index (χ4n) is 5.98. The normalized spacial score (nSPS) is 23.6. The topological polar surface area (TPSA) is 49.4 Å². The molecule has 0 amide bonds. The summed E-state index contributed by atoms with van der Waals surface area (Å²) >= 11 is 5.69. The van der Waals surface area contributed by atoms with E-state index in [9.17, 15) is 13.2 Å². The van der Waals surface area contributed by atoms with Crippen molar-refractivity contribution in [3.63, 3.8) is 0 Å². The molecule has 6 rings (SSSR count). The van der Waals surface area contributed by atoms with E-state index in [4.69, 9.17) is 17.0 Å². The maximum atomic E-state index is 13.4. The Labute approximate surface area is 226 Å². The standard InChI is InChI=1S/C29H31F3N4OS/c1-4-18-16-36-10-8-19(18)13-26(36)27(23-7-9-33-25-6-5-22(37-3)15-24(23)25)35-28(38)34-21-12-17(2)11-20(14-21)29(30,31)32/h4-7,9,11-12,14-15,18-19,26-27H,1,8,10,13,16H2,2-3H3,(H2,34,35,38)/t18?,19?,26-,27-/m1/s1. The van der Waals surface area contributed by atoms with Crippen molar-refractivity contribution >= 4 is 33.9 Å². The minimum Gasteiger partial charge on any atom is -0.497 e. The number of hydrogen-bond acceptors (Lipinski definition) is 4. The fourth-order valence-corrected chi connectivity index (χ4v) is 6.22. The molecule has 5 nitrogen and oxygen atoms in total. The highest BCUT2D eigenvalue weighted by molar-refractivity contribution is 7.80. The van der Waals surface area contributed by atoms with Gasteiger partial charge in [-0.1, -0.05) is 6.08 Å². The summed E-state index contributed by atoms with van der Waals surface area (Å²) in [5.41, 5.74) is 1.94. The van der Waals surface area contributed by atoms with Crippen LogP contribution in [0, 0.1) is 18.8 Å². The molecule has 0 spiro atoms. The van der Waals surface area contributed by atoms with E-state index in [-0.39, 0.29) is 17.2 Å². The molecule has 3 fully saturated rings. The van der Waals surface area contributed by atoms with E-state index >= 15 is 0 Å². The third-order valence-corrected chi connectivity index (χ3v) is 8.03. The number of hydrogen-bond donors (Lipinski definition) is 2. The second kappa shape index (κ2) is 10.5. The molecule has 0 radical (unpaired) electrons. The molecule has 1 aromatic heterocycles. The van der Waals surface area contributed by atoms with Crippen LogP contribution in [0.3, 0.4) is 0 Å². The SMILES string of the molecule is C=CC1CN2CCC1C[C@@H]2[C@H](NC(=S)Nc1cc(C)cc(C(F)(F)F)c1)c1ccnc2ccc(OC)cc12. The van der Waals surface area contributed by atoms with E-state index in [0.717, 1.165) is 60.3 Å². The lowest BCUT2D eigenvalue weighted by atomic mass is 9.73. The summed E-state index contributed by atoms with van der Waals surface area (Å²) in [5.74, 6) is 1.71. The summed E-state index contributed by atoms with van der Waals surface area (Å²) in [5, 5.41) is 7.71. The quantitative estimate of drug-likeness (QED) is 0.275. The molecule has 3 aromatic rings. The molecule has 9 heteroatoms. The number of fused-ring (bicyclic) bond motifs is 4. The number of anilines is 1. The van der Waals surface area contributed by atoms with Gasteiger partial charge in [-0.2, -0.15) is 13.2 Å². The highest BCUT2D eigenvalue weighted by atomic mass is 32.1. The van der Waals surface area contributed by atoms with Gasteiger partial charge in [0.15, 0.2) is 5.11 Å². The van der Waals surface area contributed by atoms with Crippen LogP contribution in [0.15, 0.2) is 61.3 Å². The van der Waals surface area contributed by atoms with E-state index in [1.807, 2.05) is 24.3 Å². The lowest BCUT2D eigenvalue weighted by Gasteiger charge is -2.52. The summed E-state index contributed by atoms with van der Waals surface area (Å²) < 4.78 is 45.7. The van der Waals surface area contributed by atoms with Crippen LogP contribution in [0.2, 0.25) is 0 Å². The molecular formula is C29H31F3N4OS. The zero-order chi connectivity index (χ0) is 27.0. The van der Waals surface area contributed by atoms with E-state index in [2.05, 4.69) is 33.2 Å². The van der Waals surface area contributed by atoms with Gasteiger partial charge >= 0.3 is 6.18 Å². The molecule has 2 aromatic carbocycles. The summed E-state index contributed by atoms with van der Waals surface area (Å²) in [6.07, 6.45) is 1.49. The van der Waals surface area contributed by atoms with Gasteiger partial charge in [-0.15, -0.1) is 6.58 Å². The number of rotatable bonds is 6. The Kier molecular flexibility index (Phi) is 7.33. The summed E-state index contributed by atoms with van der Waals surface area (Å²) in [4.78, 5) is 7.02. The van der Waals surface area contributed by atoms with Gasteiger partial charge in [0.25, 0.3) is 0 Å². The van der Waals surface area contributed by atoms with Crippen LogP contribution in [0.1, 0.15) is 35.6 Å². The summed E-state index contributed by atoms with van der Waals surface area (Å²) in [6.45, 7) is 7.59. The van der Waals surface area contributed by atoms with Gasteiger partial charge in [-0.25, -0.2) is 0 Å². The van der Waals surface area contributed by atoms with Crippen molar-refractivity contribution in [2.24, 2.45) is 11.8 Å². The maximum absolute atomic E-state index is 13.4. The van der Waals surface area contributed by atoms with Crippen molar-refractivity contribution in [2.75, 3.05) is 25.5 Å².